The molecule has 0 saturated carbocycles. The minimum absolute atomic E-state index is 0.0509. The largest absolute Gasteiger partial charge is 0.322 e. The van der Waals surface area contributed by atoms with Gasteiger partial charge in [-0.1, -0.05) is 23.7 Å². The highest BCUT2D eigenvalue weighted by atomic mass is 35.5. The Labute approximate surface area is 180 Å². The molecule has 1 amide bonds. The van der Waals surface area contributed by atoms with Gasteiger partial charge in [-0.15, -0.1) is 23.1 Å². The zero-order valence-electron chi connectivity index (χ0n) is 15.6. The second kappa shape index (κ2) is 7.75. The third kappa shape index (κ3) is 3.59. The number of hydrogen-bond donors (Lipinski definition) is 1. The summed E-state index contributed by atoms with van der Waals surface area (Å²) in [4.78, 5) is 31.9. The predicted molar refractivity (Wildman–Crippen MR) is 118 cm³/mol. The Hall–Kier alpha value is -1.87. The fourth-order valence-corrected chi connectivity index (χ4v) is 6.29. The quantitative estimate of drug-likeness (QED) is 0.656. The van der Waals surface area contributed by atoms with E-state index in [4.69, 9.17) is 11.6 Å². The number of halogens is 1. The smallest absolute Gasteiger partial charge is 0.271 e. The van der Waals surface area contributed by atoms with Crippen molar-refractivity contribution in [3.05, 3.63) is 51.5 Å². The minimum atomic E-state index is -0.0533. The second-order valence-electron chi connectivity index (χ2n) is 7.29. The van der Waals surface area contributed by atoms with Gasteiger partial charge in [0.1, 0.15) is 10.2 Å². The van der Waals surface area contributed by atoms with Crippen LogP contribution in [0.2, 0.25) is 5.02 Å². The van der Waals surface area contributed by atoms with Gasteiger partial charge in [0.15, 0.2) is 0 Å². The molecule has 1 atom stereocenters. The summed E-state index contributed by atoms with van der Waals surface area (Å²) in [7, 11) is 0. The predicted octanol–water partition coefficient (Wildman–Crippen LogP) is 3.99. The van der Waals surface area contributed by atoms with Crippen LogP contribution in [0, 0.1) is 0 Å². The van der Waals surface area contributed by atoms with Crippen molar-refractivity contribution < 1.29 is 4.79 Å². The molecule has 0 unspecified atom stereocenters. The Morgan fingerprint density at radius 1 is 1.17 bits per heavy atom. The lowest BCUT2D eigenvalue weighted by Gasteiger charge is -2.28. The highest BCUT2D eigenvalue weighted by molar-refractivity contribution is 8.02. The van der Waals surface area contributed by atoms with E-state index in [1.165, 1.54) is 35.9 Å². The van der Waals surface area contributed by atoms with Crippen LogP contribution < -0.4 is 10.9 Å². The van der Waals surface area contributed by atoms with Crippen molar-refractivity contribution >= 4 is 56.5 Å². The third-order valence-corrected chi connectivity index (χ3v) is 8.13. The van der Waals surface area contributed by atoms with Gasteiger partial charge in [0, 0.05) is 11.6 Å². The number of rotatable bonds is 4. The number of fused-ring (bicyclic) bond motifs is 3. The molecule has 9 heteroatoms. The molecule has 0 spiro atoms. The number of hydrogen-bond acceptors (Lipinski definition) is 6. The van der Waals surface area contributed by atoms with E-state index in [0.717, 1.165) is 22.9 Å². The molecule has 6 nitrogen and oxygen atoms in total. The maximum atomic E-state index is 13.2. The maximum absolute atomic E-state index is 13.2. The number of nitrogens with zero attached hydrogens (tertiary/aromatic N) is 3. The molecule has 0 bridgehead atoms. The highest BCUT2D eigenvalue weighted by Crippen LogP contribution is 2.42. The summed E-state index contributed by atoms with van der Waals surface area (Å²) >= 11 is 8.97. The van der Waals surface area contributed by atoms with Crippen molar-refractivity contribution in [2.24, 2.45) is 0 Å². The first-order valence-corrected chi connectivity index (χ1v) is 11.7. The Morgan fingerprint density at radius 3 is 2.69 bits per heavy atom. The SMILES string of the molecule is O=C1CSc2sc3c(=O)n(C[C@@H](c4ccc(Cl)cc4)N4CCCC4)cnc3c2N1. The third-order valence-electron chi connectivity index (χ3n) is 5.44. The summed E-state index contributed by atoms with van der Waals surface area (Å²) in [6.45, 7) is 2.58. The summed E-state index contributed by atoms with van der Waals surface area (Å²) in [5.41, 5.74) is 2.37. The van der Waals surface area contributed by atoms with E-state index in [-0.39, 0.29) is 17.5 Å². The number of aromatic nitrogens is 2. The molecular formula is C20H19ClN4O2S2. The van der Waals surface area contributed by atoms with Gasteiger partial charge < -0.3 is 5.32 Å². The molecule has 2 aliphatic heterocycles. The topological polar surface area (TPSA) is 67.2 Å². The molecule has 150 valence electrons. The van der Waals surface area contributed by atoms with E-state index in [1.807, 2.05) is 24.3 Å². The van der Waals surface area contributed by atoms with Crippen LogP contribution in [0.15, 0.2) is 39.6 Å². The molecular weight excluding hydrogens is 428 g/mol. The van der Waals surface area contributed by atoms with Crippen molar-refractivity contribution in [1.29, 1.82) is 0 Å². The fourth-order valence-electron chi connectivity index (χ4n) is 3.99. The number of benzene rings is 1. The van der Waals surface area contributed by atoms with E-state index in [9.17, 15) is 9.59 Å². The Balaban J connectivity index is 1.53. The van der Waals surface area contributed by atoms with E-state index < -0.39 is 0 Å². The maximum Gasteiger partial charge on any atom is 0.271 e. The van der Waals surface area contributed by atoms with E-state index in [0.29, 0.717) is 33.2 Å². The van der Waals surface area contributed by atoms with Crippen LogP contribution >= 0.6 is 34.7 Å². The van der Waals surface area contributed by atoms with Crippen molar-refractivity contribution in [3.8, 4) is 0 Å². The normalized spacial score (nSPS) is 18.0. The molecule has 5 rings (SSSR count). The summed E-state index contributed by atoms with van der Waals surface area (Å²) < 4.78 is 3.26. The van der Waals surface area contributed by atoms with Gasteiger partial charge in [0.2, 0.25) is 5.91 Å². The van der Waals surface area contributed by atoms with Crippen LogP contribution in [0.1, 0.15) is 24.4 Å². The molecule has 0 aliphatic carbocycles. The standard InChI is InChI=1S/C20H19ClN4O2S2/c21-13-5-3-12(4-6-13)14(24-7-1-2-8-24)9-25-11-22-16-17-20(28-10-15(26)23-17)29-18(16)19(25)27/h3-6,11,14H,1-2,7-10H2,(H,23,26)/t14-/m0/s1. The molecule has 1 fully saturated rings. The zero-order chi connectivity index (χ0) is 20.0. The van der Waals surface area contributed by atoms with Crippen LogP contribution in [0.5, 0.6) is 0 Å². The first-order valence-electron chi connectivity index (χ1n) is 9.54. The van der Waals surface area contributed by atoms with Gasteiger partial charge in [0.05, 0.1) is 28.0 Å². The van der Waals surface area contributed by atoms with Gasteiger partial charge in [-0.3, -0.25) is 19.1 Å². The number of thioether (sulfide) groups is 1. The van der Waals surface area contributed by atoms with E-state index in [2.05, 4.69) is 15.2 Å². The minimum Gasteiger partial charge on any atom is -0.322 e. The molecule has 1 aromatic carbocycles. The number of amides is 1. The molecule has 4 heterocycles. The number of nitrogens with one attached hydrogen (secondary N) is 1. The first-order chi connectivity index (χ1) is 14.1. The van der Waals surface area contributed by atoms with E-state index >= 15 is 0 Å². The lowest BCUT2D eigenvalue weighted by atomic mass is 10.1. The van der Waals surface area contributed by atoms with E-state index in [1.54, 1.807) is 10.9 Å². The average molecular weight is 447 g/mol. The van der Waals surface area contributed by atoms with Crippen molar-refractivity contribution in [2.45, 2.75) is 29.6 Å². The Kier molecular flexibility index (Phi) is 5.11. The van der Waals surface area contributed by atoms with Crippen LogP contribution in [0.4, 0.5) is 5.69 Å². The molecule has 3 aromatic rings. The number of thiophene rings is 1. The molecule has 1 N–H and O–H groups in total. The Morgan fingerprint density at radius 2 is 1.93 bits per heavy atom. The molecule has 2 aliphatic rings. The fraction of sp³-hybridized carbons (Fsp3) is 0.350. The van der Waals surface area contributed by atoms with Gasteiger partial charge in [-0.05, 0) is 43.6 Å². The highest BCUT2D eigenvalue weighted by Gasteiger charge is 2.27. The first kappa shape index (κ1) is 19.1. The number of anilines is 1. The lowest BCUT2D eigenvalue weighted by molar-refractivity contribution is -0.113. The number of carbonyl (C=O) groups excluding carboxylic acids is 1. The molecule has 0 radical (unpaired) electrons. The molecule has 2 aromatic heterocycles. The van der Waals surface area contributed by atoms with Crippen molar-refractivity contribution in [1.82, 2.24) is 14.5 Å². The summed E-state index contributed by atoms with van der Waals surface area (Å²) in [5.74, 6) is 0.326. The van der Waals surface area contributed by atoms with Gasteiger partial charge in [-0.25, -0.2) is 4.98 Å². The van der Waals surface area contributed by atoms with Crippen molar-refractivity contribution in [3.63, 3.8) is 0 Å². The summed E-state index contributed by atoms with van der Waals surface area (Å²) in [5, 5.41) is 3.57. The van der Waals surface area contributed by atoms with Gasteiger partial charge >= 0.3 is 0 Å². The number of carbonyl (C=O) groups is 1. The lowest BCUT2D eigenvalue weighted by Crippen LogP contribution is -2.32. The summed E-state index contributed by atoms with van der Waals surface area (Å²) in [6.07, 6.45) is 3.96. The van der Waals surface area contributed by atoms with Crippen LogP contribution in [0.3, 0.4) is 0 Å². The van der Waals surface area contributed by atoms with Gasteiger partial charge in [-0.2, -0.15) is 0 Å². The monoisotopic (exact) mass is 446 g/mol. The van der Waals surface area contributed by atoms with Gasteiger partial charge in [0.25, 0.3) is 5.56 Å². The van der Waals surface area contributed by atoms with Crippen LogP contribution in [0.25, 0.3) is 10.2 Å². The zero-order valence-corrected chi connectivity index (χ0v) is 17.9. The average Bonchev–Trinajstić information content (AvgIpc) is 3.37. The molecule has 29 heavy (non-hydrogen) atoms. The van der Waals surface area contributed by atoms with Crippen LogP contribution in [-0.4, -0.2) is 39.2 Å². The van der Waals surface area contributed by atoms with Crippen LogP contribution in [-0.2, 0) is 11.3 Å². The van der Waals surface area contributed by atoms with Crippen molar-refractivity contribution in [2.75, 3.05) is 24.2 Å². The second-order valence-corrected chi connectivity index (χ2v) is 9.99. The summed E-state index contributed by atoms with van der Waals surface area (Å²) in [6, 6.07) is 7.97. The number of likely N-dealkylation sites (tertiary alicyclic amines) is 1. The molecule has 1 saturated heterocycles. The Bertz CT molecular complexity index is 1140.